The molecule has 0 spiro atoms. The van der Waals surface area contributed by atoms with E-state index in [1.54, 1.807) is 7.11 Å². The standard InChI is InChI=1S/C11H15BrN2O2/c1-7(2)11(15)14-10-8(6-16-3)4-5-9(12)13-10/h4-5,7H,6H2,1-3H3,(H,13,14,15). The number of nitrogens with zero attached hydrogens (tertiary/aromatic N) is 1. The Bertz CT molecular complexity index is 380. The summed E-state index contributed by atoms with van der Waals surface area (Å²) in [6, 6.07) is 3.69. The van der Waals surface area contributed by atoms with Crippen LogP contribution in [-0.4, -0.2) is 18.0 Å². The first-order valence-corrected chi connectivity index (χ1v) is 5.79. The van der Waals surface area contributed by atoms with E-state index in [9.17, 15) is 4.79 Å². The zero-order chi connectivity index (χ0) is 12.1. The van der Waals surface area contributed by atoms with Gasteiger partial charge < -0.3 is 10.1 Å². The van der Waals surface area contributed by atoms with Crippen molar-refractivity contribution in [3.63, 3.8) is 0 Å². The highest BCUT2D eigenvalue weighted by Crippen LogP contribution is 2.18. The molecule has 1 N–H and O–H groups in total. The topological polar surface area (TPSA) is 51.2 Å². The molecule has 0 saturated heterocycles. The minimum Gasteiger partial charge on any atom is -0.380 e. The number of anilines is 1. The third kappa shape index (κ3) is 3.57. The summed E-state index contributed by atoms with van der Waals surface area (Å²) in [5, 5.41) is 2.78. The summed E-state index contributed by atoms with van der Waals surface area (Å²) in [7, 11) is 1.61. The van der Waals surface area contributed by atoms with Crippen LogP contribution in [0.3, 0.4) is 0 Å². The third-order valence-electron chi connectivity index (χ3n) is 2.01. The second-order valence-corrected chi connectivity index (χ2v) is 4.53. The summed E-state index contributed by atoms with van der Waals surface area (Å²) in [4.78, 5) is 15.8. The molecule has 1 amide bonds. The predicted molar refractivity (Wildman–Crippen MR) is 66.1 cm³/mol. The Morgan fingerprint density at radius 2 is 2.25 bits per heavy atom. The second kappa shape index (κ2) is 5.96. The summed E-state index contributed by atoms with van der Waals surface area (Å²) >= 11 is 3.27. The van der Waals surface area contributed by atoms with Crippen LogP contribution in [0.5, 0.6) is 0 Å². The van der Waals surface area contributed by atoms with Gasteiger partial charge in [0.2, 0.25) is 5.91 Å². The van der Waals surface area contributed by atoms with Gasteiger partial charge in [-0.05, 0) is 22.0 Å². The minimum absolute atomic E-state index is 0.0528. The Morgan fingerprint density at radius 3 is 2.81 bits per heavy atom. The van der Waals surface area contributed by atoms with Gasteiger partial charge in [0.25, 0.3) is 0 Å². The van der Waals surface area contributed by atoms with Gasteiger partial charge in [-0.1, -0.05) is 19.9 Å². The average Bonchev–Trinajstić information content (AvgIpc) is 2.22. The van der Waals surface area contributed by atoms with Crippen molar-refractivity contribution in [1.82, 2.24) is 4.98 Å². The van der Waals surface area contributed by atoms with Crippen LogP contribution in [0, 0.1) is 5.92 Å². The van der Waals surface area contributed by atoms with Crippen LogP contribution in [0.1, 0.15) is 19.4 Å². The number of halogens is 1. The van der Waals surface area contributed by atoms with Gasteiger partial charge in [-0.2, -0.15) is 0 Å². The number of hydrogen-bond donors (Lipinski definition) is 1. The van der Waals surface area contributed by atoms with Gasteiger partial charge in [0.15, 0.2) is 0 Å². The molecule has 0 bridgehead atoms. The molecule has 4 nitrogen and oxygen atoms in total. The van der Waals surface area contributed by atoms with Gasteiger partial charge in [-0.3, -0.25) is 4.79 Å². The number of carbonyl (C=O) groups excluding carboxylic acids is 1. The molecular weight excluding hydrogens is 272 g/mol. The highest BCUT2D eigenvalue weighted by molar-refractivity contribution is 9.10. The van der Waals surface area contributed by atoms with Crippen molar-refractivity contribution < 1.29 is 9.53 Å². The molecule has 16 heavy (non-hydrogen) atoms. The number of methoxy groups -OCH3 is 1. The van der Waals surface area contributed by atoms with E-state index in [1.165, 1.54) is 0 Å². The van der Waals surface area contributed by atoms with E-state index >= 15 is 0 Å². The largest absolute Gasteiger partial charge is 0.380 e. The molecule has 1 aromatic rings. The Balaban J connectivity index is 2.91. The molecule has 1 rings (SSSR count). The Hall–Kier alpha value is -0.940. The zero-order valence-electron chi connectivity index (χ0n) is 9.58. The first-order chi connectivity index (χ1) is 7.54. The molecular formula is C11H15BrN2O2. The van der Waals surface area contributed by atoms with Crippen molar-refractivity contribution in [2.75, 3.05) is 12.4 Å². The van der Waals surface area contributed by atoms with Crippen LogP contribution < -0.4 is 5.32 Å². The molecule has 0 radical (unpaired) electrons. The van der Waals surface area contributed by atoms with E-state index < -0.39 is 0 Å². The van der Waals surface area contributed by atoms with Gasteiger partial charge in [0.1, 0.15) is 10.4 Å². The van der Waals surface area contributed by atoms with Gasteiger partial charge in [0.05, 0.1) is 6.61 Å². The molecule has 5 heteroatoms. The number of ether oxygens (including phenoxy) is 1. The highest BCUT2D eigenvalue weighted by Gasteiger charge is 2.11. The lowest BCUT2D eigenvalue weighted by atomic mass is 10.2. The minimum atomic E-state index is -0.0730. The molecule has 0 aliphatic rings. The summed E-state index contributed by atoms with van der Waals surface area (Å²) in [6.45, 7) is 4.10. The van der Waals surface area contributed by atoms with Crippen molar-refractivity contribution in [1.29, 1.82) is 0 Å². The van der Waals surface area contributed by atoms with Crippen molar-refractivity contribution >= 4 is 27.7 Å². The SMILES string of the molecule is COCc1ccc(Br)nc1NC(=O)C(C)C. The molecule has 0 saturated carbocycles. The molecule has 0 atom stereocenters. The molecule has 88 valence electrons. The van der Waals surface area contributed by atoms with E-state index in [0.29, 0.717) is 17.0 Å². The predicted octanol–water partition coefficient (Wildman–Crippen LogP) is 2.59. The van der Waals surface area contributed by atoms with E-state index in [1.807, 2.05) is 26.0 Å². The van der Waals surface area contributed by atoms with Crippen LogP contribution in [-0.2, 0) is 16.1 Å². The van der Waals surface area contributed by atoms with E-state index in [2.05, 4.69) is 26.2 Å². The zero-order valence-corrected chi connectivity index (χ0v) is 11.2. The normalized spacial score (nSPS) is 10.6. The Labute approximate surface area is 104 Å². The van der Waals surface area contributed by atoms with E-state index in [4.69, 9.17) is 4.74 Å². The highest BCUT2D eigenvalue weighted by atomic mass is 79.9. The summed E-state index contributed by atoms with van der Waals surface area (Å²) in [5.74, 6) is 0.425. The van der Waals surface area contributed by atoms with Crippen molar-refractivity contribution in [3.8, 4) is 0 Å². The lowest BCUT2D eigenvalue weighted by Gasteiger charge is -2.11. The third-order valence-corrected chi connectivity index (χ3v) is 2.45. The van der Waals surface area contributed by atoms with E-state index in [-0.39, 0.29) is 11.8 Å². The molecule has 1 aromatic heterocycles. The summed E-state index contributed by atoms with van der Waals surface area (Å²) in [6.07, 6.45) is 0. The molecule has 0 unspecified atom stereocenters. The van der Waals surface area contributed by atoms with Crippen LogP contribution in [0.25, 0.3) is 0 Å². The van der Waals surface area contributed by atoms with Crippen LogP contribution in [0.2, 0.25) is 0 Å². The maximum atomic E-state index is 11.6. The first kappa shape index (κ1) is 13.1. The Kier molecular flexibility index (Phi) is 4.89. The van der Waals surface area contributed by atoms with Crippen molar-refractivity contribution in [2.24, 2.45) is 5.92 Å². The fourth-order valence-electron chi connectivity index (χ4n) is 1.11. The number of rotatable bonds is 4. The molecule has 0 aromatic carbocycles. The maximum absolute atomic E-state index is 11.6. The Morgan fingerprint density at radius 1 is 1.56 bits per heavy atom. The fourth-order valence-corrected chi connectivity index (χ4v) is 1.41. The van der Waals surface area contributed by atoms with Crippen LogP contribution >= 0.6 is 15.9 Å². The van der Waals surface area contributed by atoms with Crippen molar-refractivity contribution in [3.05, 3.63) is 22.3 Å². The summed E-state index contributed by atoms with van der Waals surface area (Å²) < 4.78 is 5.73. The number of amides is 1. The van der Waals surface area contributed by atoms with Gasteiger partial charge >= 0.3 is 0 Å². The van der Waals surface area contributed by atoms with Gasteiger partial charge in [-0.15, -0.1) is 0 Å². The number of aromatic nitrogens is 1. The number of carbonyl (C=O) groups is 1. The van der Waals surface area contributed by atoms with Crippen LogP contribution in [0.4, 0.5) is 5.82 Å². The van der Waals surface area contributed by atoms with Crippen LogP contribution in [0.15, 0.2) is 16.7 Å². The van der Waals surface area contributed by atoms with Gasteiger partial charge in [0, 0.05) is 18.6 Å². The number of nitrogens with one attached hydrogen (secondary N) is 1. The molecule has 0 fully saturated rings. The fraction of sp³-hybridized carbons (Fsp3) is 0.455. The molecule has 0 aliphatic carbocycles. The number of hydrogen-bond acceptors (Lipinski definition) is 3. The lowest BCUT2D eigenvalue weighted by Crippen LogP contribution is -2.19. The monoisotopic (exact) mass is 286 g/mol. The van der Waals surface area contributed by atoms with Gasteiger partial charge in [-0.25, -0.2) is 4.98 Å². The molecule has 1 heterocycles. The first-order valence-electron chi connectivity index (χ1n) is 4.99. The quantitative estimate of drug-likeness (QED) is 0.866. The van der Waals surface area contributed by atoms with E-state index in [0.717, 1.165) is 5.56 Å². The van der Waals surface area contributed by atoms with Crippen molar-refractivity contribution in [2.45, 2.75) is 20.5 Å². The number of pyridine rings is 1. The maximum Gasteiger partial charge on any atom is 0.228 e. The smallest absolute Gasteiger partial charge is 0.228 e. The average molecular weight is 287 g/mol. The lowest BCUT2D eigenvalue weighted by molar-refractivity contribution is -0.118. The second-order valence-electron chi connectivity index (χ2n) is 3.72. The summed E-state index contributed by atoms with van der Waals surface area (Å²) in [5.41, 5.74) is 0.861. The molecule has 0 aliphatic heterocycles.